The Labute approximate surface area is 203 Å². The summed E-state index contributed by atoms with van der Waals surface area (Å²) < 4.78 is 27.9. The van der Waals surface area contributed by atoms with Gasteiger partial charge in [-0.3, -0.25) is 4.79 Å². The molecule has 1 aromatic heterocycles. The zero-order valence-corrected chi connectivity index (χ0v) is 20.4. The van der Waals surface area contributed by atoms with Gasteiger partial charge in [0.1, 0.15) is 11.3 Å². The third-order valence-electron chi connectivity index (χ3n) is 5.59. The van der Waals surface area contributed by atoms with Crippen LogP contribution in [0.5, 0.6) is 23.0 Å². The van der Waals surface area contributed by atoms with E-state index in [1.807, 2.05) is 6.92 Å². The summed E-state index contributed by atoms with van der Waals surface area (Å²) in [5, 5.41) is 2.90. The summed E-state index contributed by atoms with van der Waals surface area (Å²) in [6, 6.07) is 15.9. The molecule has 0 aliphatic carbocycles. The van der Waals surface area contributed by atoms with Crippen molar-refractivity contribution in [2.75, 3.05) is 26.6 Å². The summed E-state index contributed by atoms with van der Waals surface area (Å²) in [6.07, 6.45) is 1.03. The molecule has 1 amide bonds. The SMILES string of the molecule is CC[C@@H](C)Oc1ccc(C(=O)Nc2ccc3oc(-c4cc(OC)c(OC)c(OC)c4)nc3c2)cc1. The molecule has 8 heteroatoms. The van der Waals surface area contributed by atoms with Crippen molar-refractivity contribution in [1.82, 2.24) is 4.98 Å². The highest BCUT2D eigenvalue weighted by molar-refractivity contribution is 6.05. The van der Waals surface area contributed by atoms with E-state index in [4.69, 9.17) is 23.4 Å². The van der Waals surface area contributed by atoms with Crippen LogP contribution in [0.3, 0.4) is 0 Å². The number of rotatable bonds is 9. The number of amides is 1. The highest BCUT2D eigenvalue weighted by Gasteiger charge is 2.18. The molecule has 0 aliphatic rings. The Balaban J connectivity index is 1.55. The number of carbonyl (C=O) groups excluding carboxylic acids is 1. The van der Waals surface area contributed by atoms with E-state index < -0.39 is 0 Å². The molecule has 0 fully saturated rings. The molecule has 0 saturated carbocycles. The van der Waals surface area contributed by atoms with Crippen molar-refractivity contribution in [3.63, 3.8) is 0 Å². The summed E-state index contributed by atoms with van der Waals surface area (Å²) in [4.78, 5) is 17.3. The molecule has 0 aliphatic heterocycles. The van der Waals surface area contributed by atoms with E-state index in [1.165, 1.54) is 0 Å². The number of anilines is 1. The number of aromatic nitrogens is 1. The van der Waals surface area contributed by atoms with Gasteiger partial charge in [-0.15, -0.1) is 0 Å². The van der Waals surface area contributed by atoms with E-state index in [0.29, 0.717) is 51.1 Å². The number of methoxy groups -OCH3 is 3. The van der Waals surface area contributed by atoms with Crippen molar-refractivity contribution in [3.8, 4) is 34.5 Å². The minimum atomic E-state index is -0.229. The van der Waals surface area contributed by atoms with E-state index in [1.54, 1.807) is 75.9 Å². The lowest BCUT2D eigenvalue weighted by atomic mass is 10.2. The maximum atomic E-state index is 12.7. The van der Waals surface area contributed by atoms with Crippen LogP contribution >= 0.6 is 0 Å². The summed E-state index contributed by atoms with van der Waals surface area (Å²) in [5.41, 5.74) is 2.98. The quantitative estimate of drug-likeness (QED) is 0.319. The third-order valence-corrected chi connectivity index (χ3v) is 5.59. The summed E-state index contributed by atoms with van der Waals surface area (Å²) in [7, 11) is 4.65. The monoisotopic (exact) mass is 476 g/mol. The molecule has 4 rings (SSSR count). The fraction of sp³-hybridized carbons (Fsp3) is 0.259. The Hall–Kier alpha value is -4.20. The molecule has 0 spiro atoms. The molecular formula is C27H28N2O6. The first kappa shape index (κ1) is 23.9. The smallest absolute Gasteiger partial charge is 0.255 e. The average Bonchev–Trinajstić information content (AvgIpc) is 3.31. The van der Waals surface area contributed by atoms with Gasteiger partial charge in [0.25, 0.3) is 5.91 Å². The first-order valence-corrected chi connectivity index (χ1v) is 11.2. The normalized spacial score (nSPS) is 11.7. The number of fused-ring (bicyclic) bond motifs is 1. The number of ether oxygens (including phenoxy) is 4. The van der Waals surface area contributed by atoms with Crippen LogP contribution in [0, 0.1) is 0 Å². The van der Waals surface area contributed by atoms with Gasteiger partial charge >= 0.3 is 0 Å². The largest absolute Gasteiger partial charge is 0.493 e. The Kier molecular flexibility index (Phi) is 7.10. The topological polar surface area (TPSA) is 92.1 Å². The number of nitrogens with one attached hydrogen (secondary N) is 1. The van der Waals surface area contributed by atoms with Crippen molar-refractivity contribution in [2.45, 2.75) is 26.4 Å². The second-order valence-corrected chi connectivity index (χ2v) is 7.93. The summed E-state index contributed by atoms with van der Waals surface area (Å²) in [6.45, 7) is 4.07. The van der Waals surface area contributed by atoms with E-state index in [2.05, 4.69) is 17.2 Å². The van der Waals surface area contributed by atoms with Crippen LogP contribution in [-0.2, 0) is 0 Å². The molecular weight excluding hydrogens is 448 g/mol. The lowest BCUT2D eigenvalue weighted by Gasteiger charge is -2.12. The highest BCUT2D eigenvalue weighted by Crippen LogP contribution is 2.41. The number of benzene rings is 3. The first-order valence-electron chi connectivity index (χ1n) is 11.2. The van der Waals surface area contributed by atoms with Crippen molar-refractivity contribution in [2.24, 2.45) is 0 Å². The molecule has 182 valence electrons. The maximum Gasteiger partial charge on any atom is 0.255 e. The van der Waals surface area contributed by atoms with E-state index >= 15 is 0 Å². The van der Waals surface area contributed by atoms with Gasteiger partial charge in [0.15, 0.2) is 17.1 Å². The standard InChI is InChI=1S/C27H28N2O6/c1-6-16(2)34-20-10-7-17(8-11-20)26(30)28-19-9-12-22-21(15-19)29-27(35-22)18-13-23(31-3)25(33-5)24(14-18)32-4/h7-16H,6H2,1-5H3,(H,28,30)/t16-/m1/s1. The Morgan fingerprint density at radius 3 is 2.26 bits per heavy atom. The zero-order valence-electron chi connectivity index (χ0n) is 20.4. The summed E-state index contributed by atoms with van der Waals surface area (Å²) >= 11 is 0. The third kappa shape index (κ3) is 5.16. The van der Waals surface area contributed by atoms with Crippen LogP contribution in [0.1, 0.15) is 30.6 Å². The molecule has 35 heavy (non-hydrogen) atoms. The molecule has 3 aromatic carbocycles. The molecule has 0 radical (unpaired) electrons. The second kappa shape index (κ2) is 10.4. The molecule has 1 atom stereocenters. The second-order valence-electron chi connectivity index (χ2n) is 7.93. The molecule has 1 heterocycles. The molecule has 0 saturated heterocycles. The summed E-state index contributed by atoms with van der Waals surface area (Å²) in [5.74, 6) is 2.38. The van der Waals surface area contributed by atoms with Crippen LogP contribution in [0.4, 0.5) is 5.69 Å². The van der Waals surface area contributed by atoms with Gasteiger partial charge in [0.05, 0.1) is 27.4 Å². The van der Waals surface area contributed by atoms with Gasteiger partial charge in [-0.25, -0.2) is 4.98 Å². The van der Waals surface area contributed by atoms with Crippen LogP contribution in [0.15, 0.2) is 59.0 Å². The molecule has 4 aromatic rings. The van der Waals surface area contributed by atoms with Gasteiger partial charge < -0.3 is 28.7 Å². The predicted molar refractivity (Wildman–Crippen MR) is 134 cm³/mol. The van der Waals surface area contributed by atoms with Crippen molar-refractivity contribution in [1.29, 1.82) is 0 Å². The molecule has 0 bridgehead atoms. The number of nitrogens with zero attached hydrogens (tertiary/aromatic N) is 1. The van der Waals surface area contributed by atoms with Crippen molar-refractivity contribution in [3.05, 3.63) is 60.2 Å². The minimum absolute atomic E-state index is 0.119. The van der Waals surface area contributed by atoms with Crippen LogP contribution in [0.2, 0.25) is 0 Å². The lowest BCUT2D eigenvalue weighted by Crippen LogP contribution is -2.12. The number of carbonyl (C=O) groups is 1. The van der Waals surface area contributed by atoms with E-state index in [0.717, 1.165) is 12.2 Å². The van der Waals surface area contributed by atoms with E-state index in [-0.39, 0.29) is 12.0 Å². The Morgan fingerprint density at radius 1 is 0.971 bits per heavy atom. The maximum absolute atomic E-state index is 12.7. The van der Waals surface area contributed by atoms with Gasteiger partial charge in [0, 0.05) is 16.8 Å². The van der Waals surface area contributed by atoms with Gasteiger partial charge in [-0.05, 0) is 67.9 Å². The molecule has 1 N–H and O–H groups in total. The Morgan fingerprint density at radius 2 is 1.66 bits per heavy atom. The van der Waals surface area contributed by atoms with Crippen molar-refractivity contribution >= 4 is 22.7 Å². The van der Waals surface area contributed by atoms with Crippen LogP contribution < -0.4 is 24.3 Å². The minimum Gasteiger partial charge on any atom is -0.493 e. The molecule has 8 nitrogen and oxygen atoms in total. The number of oxazole rings is 1. The van der Waals surface area contributed by atoms with Crippen molar-refractivity contribution < 1.29 is 28.2 Å². The van der Waals surface area contributed by atoms with Gasteiger partial charge in [0.2, 0.25) is 11.6 Å². The average molecular weight is 477 g/mol. The van der Waals surface area contributed by atoms with Crippen LogP contribution in [0.25, 0.3) is 22.6 Å². The van der Waals surface area contributed by atoms with E-state index in [9.17, 15) is 4.79 Å². The van der Waals surface area contributed by atoms with Crippen LogP contribution in [-0.4, -0.2) is 38.3 Å². The first-order chi connectivity index (χ1) is 16.9. The Bertz CT molecular complexity index is 1300. The number of hydrogen-bond acceptors (Lipinski definition) is 7. The molecule has 0 unspecified atom stereocenters. The fourth-order valence-electron chi connectivity index (χ4n) is 3.54. The predicted octanol–water partition coefficient (Wildman–Crippen LogP) is 5.95. The zero-order chi connectivity index (χ0) is 24.9. The highest BCUT2D eigenvalue weighted by atomic mass is 16.5. The lowest BCUT2D eigenvalue weighted by molar-refractivity contribution is 0.102. The number of hydrogen-bond donors (Lipinski definition) is 1. The van der Waals surface area contributed by atoms with Gasteiger partial charge in [-0.1, -0.05) is 6.92 Å². The fourth-order valence-corrected chi connectivity index (χ4v) is 3.54. The van der Waals surface area contributed by atoms with Gasteiger partial charge in [-0.2, -0.15) is 0 Å².